The van der Waals surface area contributed by atoms with Crippen molar-refractivity contribution >= 4 is 11.9 Å². The molecule has 0 atom stereocenters. The molecule has 2 N–H and O–H groups in total. The standard InChI is InChI=1S/C19H27N7O3/c20-18-21-13-15(14-22-18)16-12-17(24-19(23-16)26-5-10-28-11-6-26)29-7-1-2-25-3-8-27-9-4-25/h12-14H,1-11H2,(H2,20,21,22). The Morgan fingerprint density at radius 2 is 1.66 bits per heavy atom. The van der Waals surface area contributed by atoms with Crippen LogP contribution in [-0.4, -0.2) is 90.6 Å². The van der Waals surface area contributed by atoms with Gasteiger partial charge in [0.05, 0.1) is 38.7 Å². The summed E-state index contributed by atoms with van der Waals surface area (Å²) in [4.78, 5) is 22.0. The summed E-state index contributed by atoms with van der Waals surface area (Å²) in [5.74, 6) is 1.41. The van der Waals surface area contributed by atoms with Crippen molar-refractivity contribution in [1.82, 2.24) is 24.8 Å². The van der Waals surface area contributed by atoms with E-state index in [1.807, 2.05) is 6.07 Å². The van der Waals surface area contributed by atoms with Gasteiger partial charge in [-0.15, -0.1) is 0 Å². The first-order valence-corrected chi connectivity index (χ1v) is 10.0. The average Bonchev–Trinajstić information content (AvgIpc) is 2.78. The van der Waals surface area contributed by atoms with Crippen LogP contribution in [0.3, 0.4) is 0 Å². The predicted molar refractivity (Wildman–Crippen MR) is 108 cm³/mol. The molecule has 0 spiro atoms. The molecule has 0 amide bonds. The van der Waals surface area contributed by atoms with E-state index >= 15 is 0 Å². The quantitative estimate of drug-likeness (QED) is 0.656. The summed E-state index contributed by atoms with van der Waals surface area (Å²) in [5, 5.41) is 0. The van der Waals surface area contributed by atoms with Crippen LogP contribution in [0.4, 0.5) is 11.9 Å². The van der Waals surface area contributed by atoms with Crippen LogP contribution < -0.4 is 15.4 Å². The van der Waals surface area contributed by atoms with Gasteiger partial charge in [0.25, 0.3) is 0 Å². The van der Waals surface area contributed by atoms with Crippen molar-refractivity contribution in [3.8, 4) is 17.1 Å². The first-order valence-electron chi connectivity index (χ1n) is 10.0. The molecule has 29 heavy (non-hydrogen) atoms. The van der Waals surface area contributed by atoms with Crippen LogP contribution in [0.25, 0.3) is 11.3 Å². The van der Waals surface area contributed by atoms with E-state index in [9.17, 15) is 0 Å². The summed E-state index contributed by atoms with van der Waals surface area (Å²) < 4.78 is 16.8. The molecule has 0 aliphatic carbocycles. The van der Waals surface area contributed by atoms with E-state index < -0.39 is 0 Å². The van der Waals surface area contributed by atoms with Crippen molar-refractivity contribution in [1.29, 1.82) is 0 Å². The Labute approximate surface area is 170 Å². The molecule has 2 saturated heterocycles. The molecule has 0 radical (unpaired) electrons. The van der Waals surface area contributed by atoms with Gasteiger partial charge < -0.3 is 24.8 Å². The third-order valence-electron chi connectivity index (χ3n) is 4.92. The molecule has 4 heterocycles. The van der Waals surface area contributed by atoms with Gasteiger partial charge in [-0.25, -0.2) is 15.0 Å². The Morgan fingerprint density at radius 1 is 0.966 bits per heavy atom. The minimum atomic E-state index is 0.232. The molecule has 4 rings (SSSR count). The van der Waals surface area contributed by atoms with Crippen LogP contribution in [-0.2, 0) is 9.47 Å². The van der Waals surface area contributed by atoms with Crippen molar-refractivity contribution in [3.63, 3.8) is 0 Å². The van der Waals surface area contributed by atoms with Gasteiger partial charge in [0.1, 0.15) is 0 Å². The lowest BCUT2D eigenvalue weighted by atomic mass is 10.2. The van der Waals surface area contributed by atoms with Gasteiger partial charge in [-0.3, -0.25) is 4.90 Å². The Morgan fingerprint density at radius 3 is 2.38 bits per heavy atom. The maximum absolute atomic E-state index is 5.98. The third kappa shape index (κ3) is 5.49. The number of rotatable bonds is 7. The van der Waals surface area contributed by atoms with E-state index in [4.69, 9.17) is 24.9 Å². The summed E-state index contributed by atoms with van der Waals surface area (Å²) in [6, 6.07) is 1.83. The molecule has 0 aromatic carbocycles. The zero-order valence-electron chi connectivity index (χ0n) is 16.5. The van der Waals surface area contributed by atoms with E-state index in [2.05, 4.69) is 24.8 Å². The second-order valence-corrected chi connectivity index (χ2v) is 6.98. The molecule has 0 bridgehead atoms. The first-order chi connectivity index (χ1) is 14.3. The van der Waals surface area contributed by atoms with Gasteiger partial charge in [-0.1, -0.05) is 0 Å². The molecule has 2 aromatic rings. The molecule has 2 aliphatic rings. The van der Waals surface area contributed by atoms with E-state index in [-0.39, 0.29) is 5.95 Å². The summed E-state index contributed by atoms with van der Waals surface area (Å²) in [7, 11) is 0. The number of nitrogen functional groups attached to an aromatic ring is 1. The number of aromatic nitrogens is 4. The smallest absolute Gasteiger partial charge is 0.229 e. The Balaban J connectivity index is 1.45. The monoisotopic (exact) mass is 401 g/mol. The molecule has 2 fully saturated rings. The van der Waals surface area contributed by atoms with Crippen LogP contribution in [0.15, 0.2) is 18.5 Å². The highest BCUT2D eigenvalue weighted by atomic mass is 16.5. The fourth-order valence-electron chi connectivity index (χ4n) is 3.30. The molecule has 156 valence electrons. The van der Waals surface area contributed by atoms with Gasteiger partial charge in [-0.2, -0.15) is 4.98 Å². The lowest BCUT2D eigenvalue weighted by Gasteiger charge is -2.27. The van der Waals surface area contributed by atoms with Gasteiger partial charge in [0.15, 0.2) is 0 Å². The number of hydrogen-bond acceptors (Lipinski definition) is 10. The topological polar surface area (TPSA) is 112 Å². The maximum Gasteiger partial charge on any atom is 0.229 e. The highest BCUT2D eigenvalue weighted by molar-refractivity contribution is 5.60. The number of ether oxygens (including phenoxy) is 3. The van der Waals surface area contributed by atoms with Crippen molar-refractivity contribution in [2.75, 3.05) is 76.4 Å². The van der Waals surface area contributed by atoms with Gasteiger partial charge in [0.2, 0.25) is 17.8 Å². The first kappa shape index (κ1) is 19.7. The number of nitrogens with zero attached hydrogens (tertiary/aromatic N) is 6. The van der Waals surface area contributed by atoms with Gasteiger partial charge in [-0.05, 0) is 6.42 Å². The molecule has 0 unspecified atom stereocenters. The fourth-order valence-corrected chi connectivity index (χ4v) is 3.30. The van der Waals surface area contributed by atoms with E-state index in [1.54, 1.807) is 12.4 Å². The highest BCUT2D eigenvalue weighted by Crippen LogP contribution is 2.24. The van der Waals surface area contributed by atoms with E-state index in [1.165, 1.54) is 0 Å². The minimum Gasteiger partial charge on any atom is -0.477 e. The minimum absolute atomic E-state index is 0.232. The molecule has 2 aliphatic heterocycles. The predicted octanol–water partition coefficient (Wildman–Crippen LogP) is 0.454. The second-order valence-electron chi connectivity index (χ2n) is 6.98. The summed E-state index contributed by atoms with van der Waals surface area (Å²) in [6.07, 6.45) is 4.25. The van der Waals surface area contributed by atoms with Crippen LogP contribution >= 0.6 is 0 Å². The molecular formula is C19H27N7O3. The summed E-state index contributed by atoms with van der Waals surface area (Å²) >= 11 is 0. The fraction of sp³-hybridized carbons (Fsp3) is 0.579. The van der Waals surface area contributed by atoms with Crippen LogP contribution in [0, 0.1) is 0 Å². The zero-order chi connectivity index (χ0) is 19.9. The number of anilines is 2. The largest absolute Gasteiger partial charge is 0.477 e. The lowest BCUT2D eigenvalue weighted by Crippen LogP contribution is -2.37. The van der Waals surface area contributed by atoms with Gasteiger partial charge in [0, 0.05) is 56.7 Å². The second kappa shape index (κ2) is 9.77. The van der Waals surface area contributed by atoms with Crippen molar-refractivity contribution in [3.05, 3.63) is 18.5 Å². The number of hydrogen-bond donors (Lipinski definition) is 1. The van der Waals surface area contributed by atoms with Crippen molar-refractivity contribution in [2.24, 2.45) is 0 Å². The summed E-state index contributed by atoms with van der Waals surface area (Å²) in [5.41, 5.74) is 7.10. The number of nitrogens with two attached hydrogens (primary N) is 1. The molecule has 10 nitrogen and oxygen atoms in total. The number of morpholine rings is 2. The van der Waals surface area contributed by atoms with E-state index in [0.717, 1.165) is 57.9 Å². The van der Waals surface area contributed by atoms with Crippen LogP contribution in [0.5, 0.6) is 5.88 Å². The van der Waals surface area contributed by atoms with Gasteiger partial charge >= 0.3 is 0 Å². The van der Waals surface area contributed by atoms with Crippen LogP contribution in [0.1, 0.15) is 6.42 Å². The molecule has 10 heteroatoms. The average molecular weight is 401 g/mol. The lowest BCUT2D eigenvalue weighted by molar-refractivity contribution is 0.0357. The molecular weight excluding hydrogens is 374 g/mol. The zero-order valence-corrected chi connectivity index (χ0v) is 16.5. The Kier molecular flexibility index (Phi) is 6.65. The normalized spacial score (nSPS) is 18.0. The molecule has 2 aromatic heterocycles. The van der Waals surface area contributed by atoms with Crippen molar-refractivity contribution in [2.45, 2.75) is 6.42 Å². The SMILES string of the molecule is Nc1ncc(-c2cc(OCCCN3CCOCC3)nc(N3CCOCC3)n2)cn1. The Hall–Kier alpha value is -2.56. The molecule has 0 saturated carbocycles. The van der Waals surface area contributed by atoms with E-state index in [0.29, 0.717) is 37.3 Å². The Bertz CT molecular complexity index is 778. The maximum atomic E-state index is 5.98. The van der Waals surface area contributed by atoms with Crippen molar-refractivity contribution < 1.29 is 14.2 Å². The third-order valence-corrected chi connectivity index (χ3v) is 4.92. The summed E-state index contributed by atoms with van der Waals surface area (Å²) in [6.45, 7) is 7.98. The highest BCUT2D eigenvalue weighted by Gasteiger charge is 2.17. The van der Waals surface area contributed by atoms with Crippen LogP contribution in [0.2, 0.25) is 0 Å².